The predicted molar refractivity (Wildman–Crippen MR) is 82.1 cm³/mol. The summed E-state index contributed by atoms with van der Waals surface area (Å²) in [5.41, 5.74) is -0.120. The number of ether oxygens (including phenoxy) is 1. The molecule has 9 heteroatoms. The van der Waals surface area contributed by atoms with Crippen LogP contribution in [-0.4, -0.2) is 34.8 Å². The molecule has 24 heavy (non-hydrogen) atoms. The van der Waals surface area contributed by atoms with Gasteiger partial charge in [0.1, 0.15) is 6.04 Å². The minimum atomic E-state index is -4.38. The van der Waals surface area contributed by atoms with Crippen LogP contribution in [0, 0.1) is 6.92 Å². The molecule has 1 aliphatic rings. The van der Waals surface area contributed by atoms with E-state index in [-0.39, 0.29) is 6.04 Å². The normalized spacial score (nSPS) is 19.6. The highest BCUT2D eigenvalue weighted by Crippen LogP contribution is 2.33. The van der Waals surface area contributed by atoms with Gasteiger partial charge in [-0.2, -0.15) is 18.2 Å². The van der Waals surface area contributed by atoms with Crippen LogP contribution >= 0.6 is 15.9 Å². The molecule has 1 unspecified atom stereocenters. The zero-order valence-corrected chi connectivity index (χ0v) is 14.4. The van der Waals surface area contributed by atoms with Gasteiger partial charge in [-0.15, -0.1) is 0 Å². The molecular weight excluding hydrogens is 391 g/mol. The summed E-state index contributed by atoms with van der Waals surface area (Å²) in [5, 5.41) is 3.77. The SMILES string of the molecule is Cc1noc(C2COCCN2Cc2cc(Br)cc(C(F)(F)F)c2)n1. The van der Waals surface area contributed by atoms with Crippen LogP contribution in [0.3, 0.4) is 0 Å². The highest BCUT2D eigenvalue weighted by Gasteiger charge is 2.32. The molecule has 0 aliphatic carbocycles. The van der Waals surface area contributed by atoms with E-state index in [0.29, 0.717) is 48.1 Å². The lowest BCUT2D eigenvalue weighted by Gasteiger charge is -2.33. The average Bonchev–Trinajstić information content (AvgIpc) is 2.93. The monoisotopic (exact) mass is 405 g/mol. The second-order valence-corrected chi connectivity index (χ2v) is 6.50. The van der Waals surface area contributed by atoms with Gasteiger partial charge in [-0.05, 0) is 30.7 Å². The third-order valence-electron chi connectivity index (χ3n) is 3.74. The van der Waals surface area contributed by atoms with Crippen molar-refractivity contribution in [3.63, 3.8) is 0 Å². The van der Waals surface area contributed by atoms with E-state index in [1.165, 1.54) is 0 Å². The number of halogens is 4. The van der Waals surface area contributed by atoms with E-state index in [0.717, 1.165) is 12.1 Å². The van der Waals surface area contributed by atoms with Gasteiger partial charge in [0.2, 0.25) is 5.89 Å². The van der Waals surface area contributed by atoms with Crippen LogP contribution in [0.15, 0.2) is 27.2 Å². The summed E-state index contributed by atoms with van der Waals surface area (Å²) in [6.07, 6.45) is -4.38. The molecule has 2 heterocycles. The minimum absolute atomic E-state index is 0.270. The number of benzene rings is 1. The standard InChI is InChI=1S/C15H15BrF3N3O2/c1-9-20-14(24-21-9)13-8-23-3-2-22(13)7-10-4-11(15(17,18)19)6-12(16)5-10/h4-6,13H,2-3,7-8H2,1H3. The summed E-state index contributed by atoms with van der Waals surface area (Å²) in [6, 6.07) is 3.65. The molecule has 0 amide bonds. The third kappa shape index (κ3) is 3.96. The number of alkyl halides is 3. The number of morpholine rings is 1. The summed E-state index contributed by atoms with van der Waals surface area (Å²) < 4.78 is 50.0. The first-order valence-electron chi connectivity index (χ1n) is 7.31. The highest BCUT2D eigenvalue weighted by molar-refractivity contribution is 9.10. The average molecular weight is 406 g/mol. The Labute approximate surface area is 144 Å². The number of nitrogens with zero attached hydrogens (tertiary/aromatic N) is 3. The van der Waals surface area contributed by atoms with E-state index in [1.54, 1.807) is 13.0 Å². The Morgan fingerprint density at radius 2 is 2.12 bits per heavy atom. The molecule has 1 atom stereocenters. The molecular formula is C15H15BrF3N3O2. The van der Waals surface area contributed by atoms with Crippen molar-refractivity contribution >= 4 is 15.9 Å². The number of aryl methyl sites for hydroxylation is 1. The minimum Gasteiger partial charge on any atom is -0.378 e. The quantitative estimate of drug-likeness (QED) is 0.778. The Bertz CT molecular complexity index is 720. The second kappa shape index (κ2) is 6.81. The van der Waals surface area contributed by atoms with Gasteiger partial charge in [0.25, 0.3) is 0 Å². The van der Waals surface area contributed by atoms with E-state index in [2.05, 4.69) is 26.1 Å². The lowest BCUT2D eigenvalue weighted by atomic mass is 10.1. The van der Waals surface area contributed by atoms with E-state index >= 15 is 0 Å². The van der Waals surface area contributed by atoms with Crippen LogP contribution in [0.2, 0.25) is 0 Å². The van der Waals surface area contributed by atoms with Crippen LogP contribution in [0.4, 0.5) is 13.2 Å². The third-order valence-corrected chi connectivity index (χ3v) is 4.20. The lowest BCUT2D eigenvalue weighted by Crippen LogP contribution is -2.39. The van der Waals surface area contributed by atoms with Crippen molar-refractivity contribution < 1.29 is 22.4 Å². The zero-order chi connectivity index (χ0) is 17.3. The Hall–Kier alpha value is -1.45. The first-order valence-corrected chi connectivity index (χ1v) is 8.11. The molecule has 0 spiro atoms. The van der Waals surface area contributed by atoms with E-state index in [1.807, 2.05) is 4.90 Å². The first-order chi connectivity index (χ1) is 11.3. The Morgan fingerprint density at radius 1 is 1.33 bits per heavy atom. The largest absolute Gasteiger partial charge is 0.416 e. The molecule has 1 fully saturated rings. The van der Waals surface area contributed by atoms with Crippen LogP contribution in [-0.2, 0) is 17.5 Å². The maximum Gasteiger partial charge on any atom is 0.416 e. The van der Waals surface area contributed by atoms with Gasteiger partial charge >= 0.3 is 6.18 Å². The summed E-state index contributed by atoms with van der Waals surface area (Å²) >= 11 is 3.15. The molecule has 2 aromatic rings. The molecule has 0 bridgehead atoms. The van der Waals surface area contributed by atoms with Crippen molar-refractivity contribution in [3.8, 4) is 0 Å². The number of rotatable bonds is 3. The number of hydrogen-bond donors (Lipinski definition) is 0. The fraction of sp³-hybridized carbons (Fsp3) is 0.467. The van der Waals surface area contributed by atoms with E-state index in [9.17, 15) is 13.2 Å². The summed E-state index contributed by atoms with van der Waals surface area (Å²) in [6.45, 7) is 3.48. The lowest BCUT2D eigenvalue weighted by molar-refractivity contribution is -0.137. The van der Waals surface area contributed by atoms with Crippen molar-refractivity contribution in [3.05, 3.63) is 45.5 Å². The van der Waals surface area contributed by atoms with Gasteiger partial charge in [0, 0.05) is 17.6 Å². The fourth-order valence-corrected chi connectivity index (χ4v) is 3.18. The van der Waals surface area contributed by atoms with Crippen molar-refractivity contribution in [2.24, 2.45) is 0 Å². The predicted octanol–water partition coefficient (Wildman–Crippen LogP) is 3.73. The zero-order valence-electron chi connectivity index (χ0n) is 12.8. The molecule has 130 valence electrons. The molecule has 1 saturated heterocycles. The molecule has 0 N–H and O–H groups in total. The van der Waals surface area contributed by atoms with Gasteiger partial charge < -0.3 is 9.26 Å². The van der Waals surface area contributed by atoms with Crippen molar-refractivity contribution in [1.82, 2.24) is 15.0 Å². The summed E-state index contributed by atoms with van der Waals surface area (Å²) in [7, 11) is 0. The maximum atomic E-state index is 13.0. The van der Waals surface area contributed by atoms with Crippen LogP contribution < -0.4 is 0 Å². The molecule has 0 saturated carbocycles. The van der Waals surface area contributed by atoms with Gasteiger partial charge in [-0.25, -0.2) is 0 Å². The molecule has 3 rings (SSSR count). The second-order valence-electron chi connectivity index (χ2n) is 5.59. The number of hydrogen-bond acceptors (Lipinski definition) is 5. The molecule has 0 radical (unpaired) electrons. The summed E-state index contributed by atoms with van der Waals surface area (Å²) in [5.74, 6) is 0.926. The molecule has 1 aromatic heterocycles. The van der Waals surface area contributed by atoms with Crippen molar-refractivity contribution in [1.29, 1.82) is 0 Å². The first kappa shape index (κ1) is 17.4. The highest BCUT2D eigenvalue weighted by atomic mass is 79.9. The van der Waals surface area contributed by atoms with E-state index < -0.39 is 11.7 Å². The Balaban J connectivity index is 1.84. The summed E-state index contributed by atoms with van der Waals surface area (Å²) in [4.78, 5) is 6.20. The molecule has 1 aromatic carbocycles. The smallest absolute Gasteiger partial charge is 0.378 e. The fourth-order valence-electron chi connectivity index (χ4n) is 2.64. The van der Waals surface area contributed by atoms with Crippen molar-refractivity contribution in [2.45, 2.75) is 25.7 Å². The van der Waals surface area contributed by atoms with Crippen molar-refractivity contribution in [2.75, 3.05) is 19.8 Å². The van der Waals surface area contributed by atoms with Gasteiger partial charge in [0.15, 0.2) is 5.82 Å². The Morgan fingerprint density at radius 3 is 2.79 bits per heavy atom. The van der Waals surface area contributed by atoms with Crippen LogP contribution in [0.25, 0.3) is 0 Å². The topological polar surface area (TPSA) is 51.4 Å². The van der Waals surface area contributed by atoms with E-state index in [4.69, 9.17) is 9.26 Å². The Kier molecular flexibility index (Phi) is 4.93. The van der Waals surface area contributed by atoms with Crippen LogP contribution in [0.1, 0.15) is 28.9 Å². The molecule has 5 nitrogen and oxygen atoms in total. The molecule has 1 aliphatic heterocycles. The number of aromatic nitrogens is 2. The van der Waals surface area contributed by atoms with Crippen LogP contribution in [0.5, 0.6) is 0 Å². The van der Waals surface area contributed by atoms with Gasteiger partial charge in [0.05, 0.1) is 18.8 Å². The van der Waals surface area contributed by atoms with Gasteiger partial charge in [-0.1, -0.05) is 21.1 Å². The maximum absolute atomic E-state index is 13.0. The van der Waals surface area contributed by atoms with Gasteiger partial charge in [-0.3, -0.25) is 4.90 Å².